The second kappa shape index (κ2) is 8.74. The van der Waals surface area contributed by atoms with Crippen LogP contribution < -0.4 is 5.32 Å². The van der Waals surface area contributed by atoms with E-state index in [0.717, 1.165) is 23.0 Å². The third-order valence-corrected chi connectivity index (χ3v) is 3.95. The number of carbonyl (C=O) groups is 1. The summed E-state index contributed by atoms with van der Waals surface area (Å²) in [6.45, 7) is 1.33. The number of para-hydroxylation sites is 1. The third kappa shape index (κ3) is 4.56. The zero-order chi connectivity index (χ0) is 17.8. The van der Waals surface area contributed by atoms with Crippen LogP contribution in [0.1, 0.15) is 10.4 Å². The first kappa shape index (κ1) is 19.8. The number of halogens is 2. The summed E-state index contributed by atoms with van der Waals surface area (Å²) >= 11 is 0. The highest BCUT2D eigenvalue weighted by molar-refractivity contribution is 6.07. The maximum Gasteiger partial charge on any atom is 0.252 e. The van der Waals surface area contributed by atoms with Crippen LogP contribution in [0.3, 0.4) is 0 Å². The Labute approximate surface area is 158 Å². The van der Waals surface area contributed by atoms with Gasteiger partial charge in [-0.1, -0.05) is 18.2 Å². The van der Waals surface area contributed by atoms with Crippen LogP contribution in [-0.4, -0.2) is 43.0 Å². The molecule has 3 aromatic rings. The zero-order valence-electron chi connectivity index (χ0n) is 14.7. The number of rotatable bonds is 5. The van der Waals surface area contributed by atoms with Gasteiger partial charge in [-0.25, -0.2) is 9.37 Å². The van der Waals surface area contributed by atoms with E-state index in [1.54, 1.807) is 18.2 Å². The molecule has 1 heterocycles. The molecule has 4 nitrogen and oxygen atoms in total. The van der Waals surface area contributed by atoms with Crippen LogP contribution in [0, 0.1) is 5.82 Å². The molecule has 0 aliphatic carbocycles. The summed E-state index contributed by atoms with van der Waals surface area (Å²) in [6.07, 6.45) is 0. The van der Waals surface area contributed by atoms with E-state index < -0.39 is 0 Å². The van der Waals surface area contributed by atoms with Crippen LogP contribution in [0.5, 0.6) is 0 Å². The molecule has 0 bridgehead atoms. The van der Waals surface area contributed by atoms with Crippen molar-refractivity contribution in [3.05, 3.63) is 66.0 Å². The van der Waals surface area contributed by atoms with Gasteiger partial charge in [0.25, 0.3) is 5.91 Å². The van der Waals surface area contributed by atoms with Gasteiger partial charge in [0, 0.05) is 24.0 Å². The minimum absolute atomic E-state index is 0. The van der Waals surface area contributed by atoms with E-state index in [0.29, 0.717) is 17.8 Å². The number of fused-ring (bicyclic) bond motifs is 1. The first-order chi connectivity index (χ1) is 12.0. The Morgan fingerprint density at radius 2 is 1.81 bits per heavy atom. The Kier molecular flexibility index (Phi) is 6.66. The third-order valence-electron chi connectivity index (χ3n) is 3.95. The standard InChI is InChI=1S/C20H20FN3O.ClH/c1-24(2)12-11-22-20(25)17-13-19(14-7-9-15(21)10-8-14)23-18-6-4-3-5-16(17)18;/h3-10,13H,11-12H2,1-2H3,(H,22,25);1H. The largest absolute Gasteiger partial charge is 0.351 e. The van der Waals surface area contributed by atoms with E-state index in [2.05, 4.69) is 10.3 Å². The Bertz CT molecular complexity index is 897. The average molecular weight is 374 g/mol. The monoisotopic (exact) mass is 373 g/mol. The van der Waals surface area contributed by atoms with E-state index >= 15 is 0 Å². The van der Waals surface area contributed by atoms with Crippen LogP contribution in [0.15, 0.2) is 54.6 Å². The van der Waals surface area contributed by atoms with Gasteiger partial charge in [0.15, 0.2) is 0 Å². The number of nitrogens with zero attached hydrogens (tertiary/aromatic N) is 2. The number of hydrogen-bond acceptors (Lipinski definition) is 3. The Hall–Kier alpha value is -2.50. The number of benzene rings is 2. The fourth-order valence-electron chi connectivity index (χ4n) is 2.62. The van der Waals surface area contributed by atoms with Crippen molar-refractivity contribution in [3.8, 4) is 11.3 Å². The van der Waals surface area contributed by atoms with Crippen molar-refractivity contribution in [1.82, 2.24) is 15.2 Å². The predicted octanol–water partition coefficient (Wildman–Crippen LogP) is 3.75. The molecule has 1 N–H and O–H groups in total. The van der Waals surface area contributed by atoms with Gasteiger partial charge in [-0.2, -0.15) is 0 Å². The lowest BCUT2D eigenvalue weighted by atomic mass is 10.0. The molecule has 0 aliphatic rings. The van der Waals surface area contributed by atoms with E-state index in [4.69, 9.17) is 0 Å². The molecule has 6 heteroatoms. The second-order valence-electron chi connectivity index (χ2n) is 6.14. The molecule has 136 valence electrons. The molecule has 2 aromatic carbocycles. The number of amides is 1. The summed E-state index contributed by atoms with van der Waals surface area (Å²) in [5.41, 5.74) is 2.73. The van der Waals surface area contributed by atoms with Crippen molar-refractivity contribution >= 4 is 29.2 Å². The van der Waals surface area contributed by atoms with Crippen LogP contribution in [0.4, 0.5) is 4.39 Å². The number of aromatic nitrogens is 1. The van der Waals surface area contributed by atoms with Gasteiger partial charge < -0.3 is 10.2 Å². The zero-order valence-corrected chi connectivity index (χ0v) is 15.5. The van der Waals surface area contributed by atoms with Gasteiger partial charge in [0.05, 0.1) is 16.8 Å². The first-order valence-corrected chi connectivity index (χ1v) is 8.13. The summed E-state index contributed by atoms with van der Waals surface area (Å²) in [6, 6.07) is 15.4. The second-order valence-corrected chi connectivity index (χ2v) is 6.14. The van der Waals surface area contributed by atoms with Gasteiger partial charge in [-0.3, -0.25) is 4.79 Å². The molecule has 0 aliphatic heterocycles. The molecule has 0 radical (unpaired) electrons. The first-order valence-electron chi connectivity index (χ1n) is 8.13. The normalized spacial score (nSPS) is 10.6. The quantitative estimate of drug-likeness (QED) is 0.740. The van der Waals surface area contributed by atoms with E-state index in [1.165, 1.54) is 12.1 Å². The lowest BCUT2D eigenvalue weighted by Crippen LogP contribution is -2.31. The molecule has 3 rings (SSSR count). The minimum atomic E-state index is -0.300. The molecule has 0 saturated carbocycles. The van der Waals surface area contributed by atoms with Crippen molar-refractivity contribution in [2.24, 2.45) is 0 Å². The smallest absolute Gasteiger partial charge is 0.252 e. The van der Waals surface area contributed by atoms with Crippen molar-refractivity contribution in [1.29, 1.82) is 0 Å². The van der Waals surface area contributed by atoms with E-state index in [-0.39, 0.29) is 24.1 Å². The van der Waals surface area contributed by atoms with Gasteiger partial charge in [-0.05, 0) is 50.5 Å². The molecule has 0 saturated heterocycles. The topological polar surface area (TPSA) is 45.2 Å². The van der Waals surface area contributed by atoms with Crippen LogP contribution in [-0.2, 0) is 0 Å². The summed E-state index contributed by atoms with van der Waals surface area (Å²) in [5, 5.41) is 3.74. The average Bonchev–Trinajstić information content (AvgIpc) is 2.61. The number of pyridine rings is 1. The molecular formula is C20H21ClFN3O. The Morgan fingerprint density at radius 1 is 1.12 bits per heavy atom. The van der Waals surface area contributed by atoms with Crippen LogP contribution in [0.2, 0.25) is 0 Å². The van der Waals surface area contributed by atoms with E-state index in [9.17, 15) is 9.18 Å². The van der Waals surface area contributed by atoms with Gasteiger partial charge in [0.2, 0.25) is 0 Å². The van der Waals surface area contributed by atoms with Crippen LogP contribution in [0.25, 0.3) is 22.2 Å². The summed E-state index contributed by atoms with van der Waals surface area (Å²) in [7, 11) is 3.92. The SMILES string of the molecule is CN(C)CCNC(=O)c1cc(-c2ccc(F)cc2)nc2ccccc12.Cl. The van der Waals surface area contributed by atoms with Crippen molar-refractivity contribution in [2.45, 2.75) is 0 Å². The maximum atomic E-state index is 13.2. The van der Waals surface area contributed by atoms with Gasteiger partial charge in [0.1, 0.15) is 5.82 Å². The summed E-state index contributed by atoms with van der Waals surface area (Å²) < 4.78 is 13.2. The molecule has 0 unspecified atom stereocenters. The molecule has 1 amide bonds. The molecule has 1 aromatic heterocycles. The minimum Gasteiger partial charge on any atom is -0.351 e. The molecule has 0 atom stereocenters. The summed E-state index contributed by atoms with van der Waals surface area (Å²) in [5.74, 6) is -0.435. The van der Waals surface area contributed by atoms with Crippen LogP contribution >= 0.6 is 12.4 Å². The number of hydrogen-bond donors (Lipinski definition) is 1. The Balaban J connectivity index is 0.00000243. The van der Waals surface area contributed by atoms with E-state index in [1.807, 2.05) is 43.3 Å². The number of carbonyl (C=O) groups excluding carboxylic acids is 1. The van der Waals surface area contributed by atoms with Gasteiger partial charge in [-0.15, -0.1) is 12.4 Å². The lowest BCUT2D eigenvalue weighted by molar-refractivity contribution is 0.0952. The highest BCUT2D eigenvalue weighted by Gasteiger charge is 2.13. The van der Waals surface area contributed by atoms with Crippen molar-refractivity contribution < 1.29 is 9.18 Å². The van der Waals surface area contributed by atoms with Gasteiger partial charge >= 0.3 is 0 Å². The summed E-state index contributed by atoms with van der Waals surface area (Å²) in [4.78, 5) is 19.3. The molecule has 0 fully saturated rings. The lowest BCUT2D eigenvalue weighted by Gasteiger charge is -2.13. The fraction of sp³-hybridized carbons (Fsp3) is 0.200. The number of likely N-dealkylation sites (N-methyl/N-ethyl adjacent to an activating group) is 1. The Morgan fingerprint density at radius 3 is 2.50 bits per heavy atom. The fourth-order valence-corrected chi connectivity index (χ4v) is 2.62. The highest BCUT2D eigenvalue weighted by Crippen LogP contribution is 2.25. The molecular weight excluding hydrogens is 353 g/mol. The highest BCUT2D eigenvalue weighted by atomic mass is 35.5. The predicted molar refractivity (Wildman–Crippen MR) is 105 cm³/mol. The van der Waals surface area contributed by atoms with Crippen molar-refractivity contribution in [3.63, 3.8) is 0 Å². The number of nitrogens with one attached hydrogen (secondary N) is 1. The maximum absolute atomic E-state index is 13.2. The molecule has 26 heavy (non-hydrogen) atoms. The molecule has 0 spiro atoms. The van der Waals surface area contributed by atoms with Crippen molar-refractivity contribution in [2.75, 3.05) is 27.2 Å².